The fourth-order valence-corrected chi connectivity index (χ4v) is 2.20. The van der Waals surface area contributed by atoms with E-state index in [9.17, 15) is 0 Å². The van der Waals surface area contributed by atoms with Gasteiger partial charge in [-0.3, -0.25) is 0 Å². The number of aromatic nitrogens is 1. The normalized spacial score (nSPS) is 10.9. The summed E-state index contributed by atoms with van der Waals surface area (Å²) in [7, 11) is 0. The predicted octanol–water partition coefficient (Wildman–Crippen LogP) is 5.15. The molecule has 0 saturated heterocycles. The topological polar surface area (TPSA) is 22.1 Å². The van der Waals surface area contributed by atoms with Gasteiger partial charge in [0, 0.05) is 11.6 Å². The van der Waals surface area contributed by atoms with E-state index in [-0.39, 0.29) is 0 Å². The molecule has 0 aliphatic rings. The number of pyridine rings is 1. The maximum absolute atomic E-state index is 5.92. The monoisotopic (exact) mass is 263 g/mol. The highest BCUT2D eigenvalue weighted by Gasteiger charge is 2.07. The van der Waals surface area contributed by atoms with E-state index in [1.807, 2.05) is 36.4 Å². The van der Waals surface area contributed by atoms with Crippen LogP contribution in [0, 0.1) is 0 Å². The molecule has 0 spiro atoms. The number of hydrogen-bond donors (Lipinski definition) is 0. The van der Waals surface area contributed by atoms with Gasteiger partial charge in [0.15, 0.2) is 0 Å². The number of benzene rings is 2. The van der Waals surface area contributed by atoms with Crippen molar-refractivity contribution in [2.45, 2.75) is 19.8 Å². The van der Waals surface area contributed by atoms with Crippen LogP contribution in [0.2, 0.25) is 0 Å². The first kappa shape index (κ1) is 12.7. The van der Waals surface area contributed by atoms with E-state index in [0.29, 0.717) is 11.8 Å². The van der Waals surface area contributed by atoms with E-state index in [2.05, 4.69) is 37.0 Å². The van der Waals surface area contributed by atoms with E-state index in [4.69, 9.17) is 4.74 Å². The lowest BCUT2D eigenvalue weighted by Crippen LogP contribution is -1.92. The van der Waals surface area contributed by atoms with Gasteiger partial charge >= 0.3 is 0 Å². The second kappa shape index (κ2) is 5.33. The standard InChI is InChI=1S/C18H17NO/c1-13(2)15-9-8-14-10-11-19-18(17(14)12-15)20-16-6-4-3-5-7-16/h3-13H,1-2H3. The van der Waals surface area contributed by atoms with Crippen molar-refractivity contribution in [3.05, 3.63) is 66.4 Å². The highest BCUT2D eigenvalue weighted by molar-refractivity contribution is 5.87. The molecule has 20 heavy (non-hydrogen) atoms. The van der Waals surface area contributed by atoms with Crippen LogP contribution in [0.4, 0.5) is 0 Å². The summed E-state index contributed by atoms with van der Waals surface area (Å²) in [5.41, 5.74) is 1.29. The summed E-state index contributed by atoms with van der Waals surface area (Å²) in [5, 5.41) is 2.21. The van der Waals surface area contributed by atoms with Crippen LogP contribution in [-0.4, -0.2) is 4.98 Å². The number of fused-ring (bicyclic) bond motifs is 1. The molecule has 0 N–H and O–H groups in total. The predicted molar refractivity (Wildman–Crippen MR) is 82.3 cm³/mol. The highest BCUT2D eigenvalue weighted by Crippen LogP contribution is 2.30. The van der Waals surface area contributed by atoms with Gasteiger partial charge in [-0.2, -0.15) is 0 Å². The molecule has 2 heteroatoms. The summed E-state index contributed by atoms with van der Waals surface area (Å²) in [6.45, 7) is 4.38. The van der Waals surface area contributed by atoms with Crippen LogP contribution in [0.3, 0.4) is 0 Å². The molecule has 0 aliphatic heterocycles. The first-order valence-electron chi connectivity index (χ1n) is 6.85. The van der Waals surface area contributed by atoms with Crippen molar-refractivity contribution >= 4 is 10.8 Å². The molecule has 0 aliphatic carbocycles. The van der Waals surface area contributed by atoms with Crippen LogP contribution in [0.25, 0.3) is 10.8 Å². The Morgan fingerprint density at radius 2 is 1.75 bits per heavy atom. The molecular formula is C18H17NO. The molecule has 0 fully saturated rings. The molecule has 0 atom stereocenters. The molecule has 0 amide bonds. The van der Waals surface area contributed by atoms with Gasteiger partial charge in [0.1, 0.15) is 5.75 Å². The lowest BCUT2D eigenvalue weighted by molar-refractivity contribution is 0.469. The largest absolute Gasteiger partial charge is 0.438 e. The first-order valence-corrected chi connectivity index (χ1v) is 6.85. The molecular weight excluding hydrogens is 246 g/mol. The van der Waals surface area contributed by atoms with Crippen LogP contribution >= 0.6 is 0 Å². The number of nitrogens with zero attached hydrogens (tertiary/aromatic N) is 1. The van der Waals surface area contributed by atoms with E-state index in [1.54, 1.807) is 6.20 Å². The second-order valence-electron chi connectivity index (χ2n) is 5.17. The zero-order valence-corrected chi connectivity index (χ0v) is 11.7. The Balaban J connectivity index is 2.08. The van der Waals surface area contributed by atoms with E-state index < -0.39 is 0 Å². The molecule has 100 valence electrons. The second-order valence-corrected chi connectivity index (χ2v) is 5.17. The van der Waals surface area contributed by atoms with E-state index in [1.165, 1.54) is 5.56 Å². The molecule has 3 rings (SSSR count). The molecule has 2 nitrogen and oxygen atoms in total. The lowest BCUT2D eigenvalue weighted by Gasteiger charge is -2.10. The van der Waals surface area contributed by atoms with Crippen molar-refractivity contribution in [1.29, 1.82) is 0 Å². The van der Waals surface area contributed by atoms with Gasteiger partial charge < -0.3 is 4.74 Å². The van der Waals surface area contributed by atoms with Crippen LogP contribution in [0.1, 0.15) is 25.3 Å². The van der Waals surface area contributed by atoms with Crippen molar-refractivity contribution in [1.82, 2.24) is 4.98 Å². The van der Waals surface area contributed by atoms with E-state index in [0.717, 1.165) is 16.5 Å². The molecule has 0 radical (unpaired) electrons. The SMILES string of the molecule is CC(C)c1ccc2ccnc(Oc3ccccc3)c2c1. The molecule has 3 aromatic rings. The Morgan fingerprint density at radius 1 is 0.950 bits per heavy atom. The molecule has 2 aromatic carbocycles. The number of para-hydroxylation sites is 1. The van der Waals surface area contributed by atoms with Gasteiger partial charge in [-0.05, 0) is 41.1 Å². The van der Waals surface area contributed by atoms with Crippen molar-refractivity contribution in [3.8, 4) is 11.6 Å². The summed E-state index contributed by atoms with van der Waals surface area (Å²) in [5.74, 6) is 1.96. The third-order valence-corrected chi connectivity index (χ3v) is 3.38. The van der Waals surface area contributed by atoms with Gasteiger partial charge in [-0.15, -0.1) is 0 Å². The Kier molecular flexibility index (Phi) is 3.38. The molecule has 1 heterocycles. The Labute approximate surface area is 119 Å². The van der Waals surface area contributed by atoms with Gasteiger partial charge in [0.2, 0.25) is 5.88 Å². The Morgan fingerprint density at radius 3 is 2.50 bits per heavy atom. The third kappa shape index (κ3) is 2.50. The third-order valence-electron chi connectivity index (χ3n) is 3.38. The van der Waals surface area contributed by atoms with Crippen molar-refractivity contribution in [3.63, 3.8) is 0 Å². The lowest BCUT2D eigenvalue weighted by atomic mass is 10.0. The maximum Gasteiger partial charge on any atom is 0.227 e. The Bertz CT molecular complexity index is 720. The fourth-order valence-electron chi connectivity index (χ4n) is 2.20. The number of ether oxygens (including phenoxy) is 1. The van der Waals surface area contributed by atoms with E-state index >= 15 is 0 Å². The van der Waals surface area contributed by atoms with Crippen molar-refractivity contribution in [2.75, 3.05) is 0 Å². The zero-order chi connectivity index (χ0) is 13.9. The van der Waals surface area contributed by atoms with Gasteiger partial charge in [0.25, 0.3) is 0 Å². The van der Waals surface area contributed by atoms with Crippen LogP contribution in [0.15, 0.2) is 60.8 Å². The average Bonchev–Trinajstić information content (AvgIpc) is 2.48. The summed E-state index contributed by atoms with van der Waals surface area (Å²) in [6, 6.07) is 18.2. The quantitative estimate of drug-likeness (QED) is 0.652. The molecule has 0 unspecified atom stereocenters. The minimum atomic E-state index is 0.490. The maximum atomic E-state index is 5.92. The Hall–Kier alpha value is -2.35. The number of rotatable bonds is 3. The molecule has 0 bridgehead atoms. The van der Waals surface area contributed by atoms with Gasteiger partial charge in [0.05, 0.1) is 0 Å². The first-order chi connectivity index (χ1) is 9.74. The highest BCUT2D eigenvalue weighted by atomic mass is 16.5. The summed E-state index contributed by atoms with van der Waals surface area (Å²) >= 11 is 0. The summed E-state index contributed by atoms with van der Waals surface area (Å²) < 4.78 is 5.92. The van der Waals surface area contributed by atoms with Crippen LogP contribution in [-0.2, 0) is 0 Å². The zero-order valence-electron chi connectivity index (χ0n) is 11.7. The van der Waals surface area contributed by atoms with Gasteiger partial charge in [-0.1, -0.05) is 44.2 Å². The van der Waals surface area contributed by atoms with Crippen molar-refractivity contribution < 1.29 is 4.74 Å². The van der Waals surface area contributed by atoms with Gasteiger partial charge in [-0.25, -0.2) is 4.98 Å². The van der Waals surface area contributed by atoms with Crippen LogP contribution in [0.5, 0.6) is 11.6 Å². The smallest absolute Gasteiger partial charge is 0.227 e. The summed E-state index contributed by atoms with van der Waals surface area (Å²) in [4.78, 5) is 4.38. The molecule has 1 aromatic heterocycles. The summed E-state index contributed by atoms with van der Waals surface area (Å²) in [6.07, 6.45) is 1.79. The fraction of sp³-hybridized carbons (Fsp3) is 0.167. The van der Waals surface area contributed by atoms with Crippen LogP contribution < -0.4 is 4.74 Å². The minimum absolute atomic E-state index is 0.490. The molecule has 0 saturated carbocycles. The average molecular weight is 263 g/mol. The van der Waals surface area contributed by atoms with Crippen molar-refractivity contribution in [2.24, 2.45) is 0 Å². The minimum Gasteiger partial charge on any atom is -0.438 e. The number of hydrogen-bond acceptors (Lipinski definition) is 2.